The molecule has 0 amide bonds. The highest BCUT2D eigenvalue weighted by atomic mass is 19.1. The van der Waals surface area contributed by atoms with Crippen molar-refractivity contribution in [3.05, 3.63) is 71.7 Å². The van der Waals surface area contributed by atoms with E-state index < -0.39 is 29.6 Å². The molecule has 0 saturated carbocycles. The van der Waals surface area contributed by atoms with E-state index in [-0.39, 0.29) is 13.2 Å². The van der Waals surface area contributed by atoms with Gasteiger partial charge in [-0.2, -0.15) is 0 Å². The van der Waals surface area contributed by atoms with Crippen molar-refractivity contribution in [2.75, 3.05) is 13.2 Å². The van der Waals surface area contributed by atoms with Gasteiger partial charge in [0.1, 0.15) is 5.82 Å². The standard InChI is InChI=1S/C22H22FNO4/c1-3-27-21(25)20(22(26)28-4-2)19(14-9-11-15(23)12-10-14)17-13-24-18-8-6-5-7-16(17)18/h5-13,19-20,24H,3-4H2,1-2H3/t19-/m1/s1. The maximum atomic E-state index is 13.5. The number of hydrogen-bond donors (Lipinski definition) is 1. The van der Waals surface area contributed by atoms with Crippen LogP contribution in [0, 0.1) is 11.7 Å². The van der Waals surface area contributed by atoms with Crippen LogP contribution in [0.25, 0.3) is 10.9 Å². The summed E-state index contributed by atoms with van der Waals surface area (Å²) in [5.74, 6) is -3.62. The first-order valence-corrected chi connectivity index (χ1v) is 9.21. The number of halogens is 1. The minimum atomic E-state index is -1.20. The molecule has 1 atom stereocenters. The Morgan fingerprint density at radius 3 is 2.18 bits per heavy atom. The van der Waals surface area contributed by atoms with Gasteiger partial charge in [-0.3, -0.25) is 9.59 Å². The summed E-state index contributed by atoms with van der Waals surface area (Å²) in [5.41, 5.74) is 2.24. The van der Waals surface area contributed by atoms with Crippen LogP contribution in [0.3, 0.4) is 0 Å². The molecule has 0 unspecified atom stereocenters. The zero-order valence-corrected chi connectivity index (χ0v) is 15.8. The van der Waals surface area contributed by atoms with Gasteiger partial charge in [0.25, 0.3) is 0 Å². The number of benzene rings is 2. The van der Waals surface area contributed by atoms with Gasteiger partial charge in [0.15, 0.2) is 5.92 Å². The van der Waals surface area contributed by atoms with E-state index in [0.717, 1.165) is 16.5 Å². The van der Waals surface area contributed by atoms with E-state index in [2.05, 4.69) is 4.98 Å². The smallest absolute Gasteiger partial charge is 0.321 e. The minimum Gasteiger partial charge on any atom is -0.465 e. The topological polar surface area (TPSA) is 68.4 Å². The van der Waals surface area contributed by atoms with Gasteiger partial charge in [-0.05, 0) is 43.2 Å². The Labute approximate surface area is 162 Å². The van der Waals surface area contributed by atoms with Crippen molar-refractivity contribution >= 4 is 22.8 Å². The molecule has 0 aliphatic heterocycles. The number of esters is 2. The highest BCUT2D eigenvalue weighted by molar-refractivity contribution is 5.98. The number of nitrogens with one attached hydrogen (secondary N) is 1. The molecule has 0 fully saturated rings. The number of aromatic nitrogens is 1. The first-order valence-electron chi connectivity index (χ1n) is 9.21. The quantitative estimate of drug-likeness (QED) is 0.491. The molecular formula is C22H22FNO4. The molecule has 28 heavy (non-hydrogen) atoms. The molecule has 0 bridgehead atoms. The summed E-state index contributed by atoms with van der Waals surface area (Å²) in [4.78, 5) is 28.7. The van der Waals surface area contributed by atoms with E-state index in [4.69, 9.17) is 9.47 Å². The van der Waals surface area contributed by atoms with Crippen molar-refractivity contribution in [2.24, 2.45) is 5.92 Å². The maximum Gasteiger partial charge on any atom is 0.321 e. The molecule has 0 aliphatic rings. The van der Waals surface area contributed by atoms with Gasteiger partial charge in [0.05, 0.1) is 13.2 Å². The molecule has 0 saturated heterocycles. The molecule has 6 heteroatoms. The van der Waals surface area contributed by atoms with Crippen LogP contribution in [-0.2, 0) is 19.1 Å². The molecule has 1 aromatic heterocycles. The second kappa shape index (κ2) is 8.69. The summed E-state index contributed by atoms with van der Waals surface area (Å²) in [6.45, 7) is 3.63. The van der Waals surface area contributed by atoms with Crippen molar-refractivity contribution in [2.45, 2.75) is 19.8 Å². The summed E-state index contributed by atoms with van der Waals surface area (Å²) in [5, 5.41) is 0.871. The Morgan fingerprint density at radius 1 is 0.964 bits per heavy atom. The Kier molecular flexibility index (Phi) is 6.09. The van der Waals surface area contributed by atoms with Crippen LogP contribution in [0.15, 0.2) is 54.7 Å². The second-order valence-corrected chi connectivity index (χ2v) is 6.30. The Bertz CT molecular complexity index is 946. The van der Waals surface area contributed by atoms with Gasteiger partial charge in [-0.25, -0.2) is 4.39 Å². The van der Waals surface area contributed by atoms with Crippen LogP contribution >= 0.6 is 0 Å². The lowest BCUT2D eigenvalue weighted by atomic mass is 9.80. The lowest BCUT2D eigenvalue weighted by Gasteiger charge is -2.24. The first-order chi connectivity index (χ1) is 13.6. The number of H-pyrrole nitrogens is 1. The number of rotatable bonds is 7. The van der Waals surface area contributed by atoms with Crippen molar-refractivity contribution in [1.29, 1.82) is 0 Å². The molecule has 5 nitrogen and oxygen atoms in total. The number of fused-ring (bicyclic) bond motifs is 1. The number of aromatic amines is 1. The molecule has 0 spiro atoms. The molecule has 2 aromatic carbocycles. The van der Waals surface area contributed by atoms with Crippen molar-refractivity contribution < 1.29 is 23.5 Å². The molecule has 146 valence electrons. The summed E-state index contributed by atoms with van der Waals surface area (Å²) in [7, 11) is 0. The van der Waals surface area contributed by atoms with Crippen molar-refractivity contribution in [3.63, 3.8) is 0 Å². The third kappa shape index (κ3) is 3.91. The zero-order chi connectivity index (χ0) is 20.1. The fourth-order valence-corrected chi connectivity index (χ4v) is 3.41. The summed E-state index contributed by atoms with van der Waals surface area (Å²) >= 11 is 0. The summed E-state index contributed by atoms with van der Waals surface area (Å²) < 4.78 is 23.9. The van der Waals surface area contributed by atoms with E-state index in [1.807, 2.05) is 24.3 Å². The van der Waals surface area contributed by atoms with Crippen LogP contribution < -0.4 is 0 Å². The highest BCUT2D eigenvalue weighted by Gasteiger charge is 2.40. The lowest BCUT2D eigenvalue weighted by molar-refractivity contribution is -0.162. The Balaban J connectivity index is 2.19. The number of para-hydroxylation sites is 1. The molecule has 3 aromatic rings. The van der Waals surface area contributed by atoms with Crippen LogP contribution in [0.2, 0.25) is 0 Å². The fraction of sp³-hybridized carbons (Fsp3) is 0.273. The van der Waals surface area contributed by atoms with E-state index in [1.165, 1.54) is 12.1 Å². The van der Waals surface area contributed by atoms with Gasteiger partial charge in [0.2, 0.25) is 0 Å². The minimum absolute atomic E-state index is 0.138. The summed E-state index contributed by atoms with van der Waals surface area (Å²) in [6, 6.07) is 13.4. The third-order valence-electron chi connectivity index (χ3n) is 4.60. The molecule has 3 rings (SSSR count). The van der Waals surface area contributed by atoms with Crippen molar-refractivity contribution in [3.8, 4) is 0 Å². The molecule has 0 radical (unpaired) electrons. The average Bonchev–Trinajstić information content (AvgIpc) is 3.11. The largest absolute Gasteiger partial charge is 0.465 e. The molecule has 1 N–H and O–H groups in total. The van der Waals surface area contributed by atoms with Crippen LogP contribution in [-0.4, -0.2) is 30.1 Å². The van der Waals surface area contributed by atoms with Gasteiger partial charge < -0.3 is 14.5 Å². The maximum absolute atomic E-state index is 13.5. The van der Waals surface area contributed by atoms with E-state index >= 15 is 0 Å². The SMILES string of the molecule is CCOC(=O)C(C(=O)OCC)[C@H](c1ccc(F)cc1)c1c[nH]c2ccccc12. The number of ether oxygens (including phenoxy) is 2. The third-order valence-corrected chi connectivity index (χ3v) is 4.60. The first kappa shape index (κ1) is 19.6. The zero-order valence-electron chi connectivity index (χ0n) is 15.8. The van der Waals surface area contributed by atoms with Crippen molar-refractivity contribution in [1.82, 2.24) is 4.98 Å². The van der Waals surface area contributed by atoms with Gasteiger partial charge in [-0.15, -0.1) is 0 Å². The Morgan fingerprint density at radius 2 is 1.57 bits per heavy atom. The van der Waals surface area contributed by atoms with Gasteiger partial charge in [0, 0.05) is 23.0 Å². The number of carbonyl (C=O) groups is 2. The monoisotopic (exact) mass is 383 g/mol. The van der Waals surface area contributed by atoms with Crippen LogP contribution in [0.5, 0.6) is 0 Å². The van der Waals surface area contributed by atoms with E-state index in [9.17, 15) is 14.0 Å². The Hall–Kier alpha value is -3.15. The predicted octanol–water partition coefficient (Wildman–Crippen LogP) is 4.18. The normalized spacial score (nSPS) is 12.1. The van der Waals surface area contributed by atoms with Crippen LogP contribution in [0.4, 0.5) is 4.39 Å². The highest BCUT2D eigenvalue weighted by Crippen LogP contribution is 2.38. The van der Waals surface area contributed by atoms with Crippen LogP contribution in [0.1, 0.15) is 30.9 Å². The number of hydrogen-bond acceptors (Lipinski definition) is 4. The molecule has 0 aliphatic carbocycles. The average molecular weight is 383 g/mol. The van der Waals surface area contributed by atoms with E-state index in [0.29, 0.717) is 5.56 Å². The molecule has 1 heterocycles. The van der Waals surface area contributed by atoms with E-state index in [1.54, 1.807) is 32.2 Å². The molecular weight excluding hydrogens is 361 g/mol. The lowest BCUT2D eigenvalue weighted by Crippen LogP contribution is -2.34. The predicted molar refractivity (Wildman–Crippen MR) is 103 cm³/mol. The fourth-order valence-electron chi connectivity index (χ4n) is 3.41. The van der Waals surface area contributed by atoms with Gasteiger partial charge >= 0.3 is 11.9 Å². The second-order valence-electron chi connectivity index (χ2n) is 6.30. The number of carbonyl (C=O) groups excluding carboxylic acids is 2. The van der Waals surface area contributed by atoms with Gasteiger partial charge in [-0.1, -0.05) is 30.3 Å². The summed E-state index contributed by atoms with van der Waals surface area (Å²) in [6.07, 6.45) is 1.77.